The van der Waals surface area contributed by atoms with E-state index in [1.807, 2.05) is 0 Å². The van der Waals surface area contributed by atoms with Crippen molar-refractivity contribution in [3.63, 3.8) is 0 Å². The smallest absolute Gasteiger partial charge is 0.231 e. The first-order valence-electron chi connectivity index (χ1n) is 6.18. The largest absolute Gasteiger partial charge is 0.508 e. The SMILES string of the molecule is Cc1c(O)ccc2c1OC(=Cc1cc(Cl)cc(Cl)c1)C2=O. The van der Waals surface area contributed by atoms with Crippen molar-refractivity contribution >= 4 is 35.1 Å². The number of fused-ring (bicyclic) bond motifs is 1. The highest BCUT2D eigenvalue weighted by Crippen LogP contribution is 2.38. The molecule has 0 bridgehead atoms. The van der Waals surface area contributed by atoms with Crippen molar-refractivity contribution in [2.45, 2.75) is 6.92 Å². The van der Waals surface area contributed by atoms with Crippen LogP contribution in [0.15, 0.2) is 36.1 Å². The van der Waals surface area contributed by atoms with Crippen LogP contribution < -0.4 is 4.74 Å². The van der Waals surface area contributed by atoms with Crippen molar-refractivity contribution < 1.29 is 14.6 Å². The number of allylic oxidation sites excluding steroid dienone is 1. The summed E-state index contributed by atoms with van der Waals surface area (Å²) in [5.74, 6) is 0.425. The predicted octanol–water partition coefficient (Wildman–Crippen LogP) is 4.62. The Kier molecular flexibility index (Phi) is 3.40. The van der Waals surface area contributed by atoms with E-state index in [9.17, 15) is 9.90 Å². The maximum absolute atomic E-state index is 12.3. The quantitative estimate of drug-likeness (QED) is 0.779. The van der Waals surface area contributed by atoms with Gasteiger partial charge >= 0.3 is 0 Å². The second-order valence-corrected chi connectivity index (χ2v) is 5.60. The third-order valence-corrected chi connectivity index (χ3v) is 3.68. The van der Waals surface area contributed by atoms with E-state index in [1.54, 1.807) is 37.3 Å². The summed E-state index contributed by atoms with van der Waals surface area (Å²) >= 11 is 11.9. The summed E-state index contributed by atoms with van der Waals surface area (Å²) in [7, 11) is 0. The first-order chi connectivity index (χ1) is 9.95. The molecule has 3 rings (SSSR count). The Morgan fingerprint density at radius 3 is 2.48 bits per heavy atom. The average Bonchev–Trinajstić information content (AvgIpc) is 2.71. The van der Waals surface area contributed by atoms with Crippen LogP contribution >= 0.6 is 23.2 Å². The molecule has 0 saturated carbocycles. The monoisotopic (exact) mass is 320 g/mol. The van der Waals surface area contributed by atoms with E-state index in [-0.39, 0.29) is 17.3 Å². The second-order valence-electron chi connectivity index (χ2n) is 4.73. The van der Waals surface area contributed by atoms with Gasteiger partial charge in [0.05, 0.1) is 5.56 Å². The first-order valence-corrected chi connectivity index (χ1v) is 6.94. The van der Waals surface area contributed by atoms with Crippen molar-refractivity contribution in [2.24, 2.45) is 0 Å². The fourth-order valence-electron chi connectivity index (χ4n) is 2.19. The zero-order valence-electron chi connectivity index (χ0n) is 11.0. The number of benzene rings is 2. The van der Waals surface area contributed by atoms with Gasteiger partial charge in [-0.05, 0) is 48.9 Å². The molecular weight excluding hydrogens is 311 g/mol. The van der Waals surface area contributed by atoms with Crippen molar-refractivity contribution in [1.29, 1.82) is 0 Å². The van der Waals surface area contributed by atoms with Gasteiger partial charge in [0.1, 0.15) is 11.5 Å². The first kappa shape index (κ1) is 14.0. The fraction of sp³-hybridized carbons (Fsp3) is 0.0625. The zero-order valence-corrected chi connectivity index (χ0v) is 12.5. The lowest BCUT2D eigenvalue weighted by Gasteiger charge is -2.04. The van der Waals surface area contributed by atoms with Gasteiger partial charge < -0.3 is 9.84 Å². The number of hydrogen-bond acceptors (Lipinski definition) is 3. The van der Waals surface area contributed by atoms with Crippen LogP contribution in [0.3, 0.4) is 0 Å². The molecule has 0 amide bonds. The molecule has 0 fully saturated rings. The molecule has 2 aromatic rings. The predicted molar refractivity (Wildman–Crippen MR) is 82.2 cm³/mol. The minimum atomic E-state index is -0.232. The second kappa shape index (κ2) is 5.10. The number of halogens is 2. The molecule has 1 heterocycles. The van der Waals surface area contributed by atoms with E-state index >= 15 is 0 Å². The van der Waals surface area contributed by atoms with Crippen LogP contribution in [0.5, 0.6) is 11.5 Å². The lowest BCUT2D eigenvalue weighted by atomic mass is 10.1. The van der Waals surface area contributed by atoms with E-state index in [0.29, 0.717) is 32.5 Å². The maximum Gasteiger partial charge on any atom is 0.231 e. The number of Topliss-reactive ketones (excluding diaryl/α,β-unsaturated/α-hetero) is 1. The summed E-state index contributed by atoms with van der Waals surface area (Å²) in [6, 6.07) is 8.01. The van der Waals surface area contributed by atoms with Gasteiger partial charge in [-0.3, -0.25) is 4.79 Å². The third-order valence-electron chi connectivity index (χ3n) is 3.24. The molecule has 0 spiro atoms. The molecule has 0 saturated heterocycles. The van der Waals surface area contributed by atoms with Crippen molar-refractivity contribution in [3.05, 3.63) is 62.8 Å². The van der Waals surface area contributed by atoms with Crippen LogP contribution in [0.2, 0.25) is 10.0 Å². The molecule has 0 aliphatic carbocycles. The normalized spacial score (nSPS) is 15.2. The molecular formula is C16H10Cl2O3. The maximum atomic E-state index is 12.3. The molecule has 0 atom stereocenters. The summed E-state index contributed by atoms with van der Waals surface area (Å²) < 4.78 is 5.58. The van der Waals surface area contributed by atoms with Crippen molar-refractivity contribution in [2.75, 3.05) is 0 Å². The molecule has 106 valence electrons. The van der Waals surface area contributed by atoms with Gasteiger partial charge in [0.15, 0.2) is 5.76 Å². The number of hydrogen-bond donors (Lipinski definition) is 1. The molecule has 0 unspecified atom stereocenters. The Labute approximate surface area is 131 Å². The van der Waals surface area contributed by atoms with E-state index in [4.69, 9.17) is 27.9 Å². The van der Waals surface area contributed by atoms with Crippen LogP contribution in [0.1, 0.15) is 21.5 Å². The van der Waals surface area contributed by atoms with Crippen molar-refractivity contribution in [3.8, 4) is 11.5 Å². The summed E-state index contributed by atoms with van der Waals surface area (Å²) in [6.07, 6.45) is 1.58. The van der Waals surface area contributed by atoms with E-state index < -0.39 is 0 Å². The van der Waals surface area contributed by atoms with Crippen LogP contribution in [0, 0.1) is 6.92 Å². The molecule has 0 radical (unpaired) electrons. The summed E-state index contributed by atoms with van der Waals surface area (Å²) in [4.78, 5) is 12.3. The number of carbonyl (C=O) groups is 1. The minimum absolute atomic E-state index is 0.0913. The molecule has 21 heavy (non-hydrogen) atoms. The Morgan fingerprint density at radius 2 is 1.81 bits per heavy atom. The number of aromatic hydroxyl groups is 1. The van der Waals surface area contributed by atoms with Crippen LogP contribution in [-0.2, 0) is 0 Å². The molecule has 1 N–H and O–H groups in total. The van der Waals surface area contributed by atoms with Gasteiger partial charge in [0, 0.05) is 15.6 Å². The summed E-state index contributed by atoms with van der Waals surface area (Å²) in [5, 5.41) is 10.6. The van der Waals surface area contributed by atoms with Crippen LogP contribution in [0.25, 0.3) is 6.08 Å². The molecule has 1 aliphatic rings. The number of phenolic OH excluding ortho intramolecular Hbond substituents is 1. The topological polar surface area (TPSA) is 46.5 Å². The Balaban J connectivity index is 2.05. The summed E-state index contributed by atoms with van der Waals surface area (Å²) in [6.45, 7) is 1.70. The Bertz CT molecular complexity index is 774. The fourth-order valence-corrected chi connectivity index (χ4v) is 2.73. The molecule has 5 heteroatoms. The highest BCUT2D eigenvalue weighted by atomic mass is 35.5. The van der Waals surface area contributed by atoms with Crippen LogP contribution in [0.4, 0.5) is 0 Å². The average molecular weight is 321 g/mol. The van der Waals surface area contributed by atoms with E-state index in [1.165, 1.54) is 6.07 Å². The molecule has 2 aromatic carbocycles. The number of ether oxygens (including phenoxy) is 1. The number of carbonyl (C=O) groups excluding carboxylic acids is 1. The Hall–Kier alpha value is -1.97. The highest BCUT2D eigenvalue weighted by molar-refractivity contribution is 6.34. The van der Waals surface area contributed by atoms with Crippen LogP contribution in [-0.4, -0.2) is 10.9 Å². The highest BCUT2D eigenvalue weighted by Gasteiger charge is 2.29. The Morgan fingerprint density at radius 1 is 1.14 bits per heavy atom. The van der Waals surface area contributed by atoms with Crippen molar-refractivity contribution in [1.82, 2.24) is 0 Å². The lowest BCUT2D eigenvalue weighted by Crippen LogP contribution is -1.97. The number of phenols is 1. The van der Waals surface area contributed by atoms with Gasteiger partial charge in [-0.25, -0.2) is 0 Å². The minimum Gasteiger partial charge on any atom is -0.508 e. The molecule has 0 aromatic heterocycles. The molecule has 3 nitrogen and oxygen atoms in total. The van der Waals surface area contributed by atoms with Gasteiger partial charge in [0.25, 0.3) is 0 Å². The third kappa shape index (κ3) is 2.50. The van der Waals surface area contributed by atoms with Gasteiger partial charge in [-0.15, -0.1) is 0 Å². The number of rotatable bonds is 1. The standard InChI is InChI=1S/C16H10Cl2O3/c1-8-13(19)3-2-12-15(20)14(21-16(8)12)6-9-4-10(17)7-11(18)5-9/h2-7,19H,1H3. The van der Waals surface area contributed by atoms with E-state index in [2.05, 4.69) is 0 Å². The van der Waals surface area contributed by atoms with Gasteiger partial charge in [0.2, 0.25) is 5.78 Å². The lowest BCUT2D eigenvalue weighted by molar-refractivity contribution is 0.101. The summed E-state index contributed by atoms with van der Waals surface area (Å²) in [5.41, 5.74) is 1.64. The zero-order chi connectivity index (χ0) is 15.1. The molecule has 1 aliphatic heterocycles. The van der Waals surface area contributed by atoms with Gasteiger partial charge in [-0.1, -0.05) is 23.2 Å². The number of ketones is 1. The van der Waals surface area contributed by atoms with E-state index in [0.717, 1.165) is 0 Å². The van der Waals surface area contributed by atoms with Gasteiger partial charge in [-0.2, -0.15) is 0 Å².